The first-order chi connectivity index (χ1) is 9.79. The van der Waals surface area contributed by atoms with Gasteiger partial charge in [-0.15, -0.1) is 0 Å². The van der Waals surface area contributed by atoms with Gasteiger partial charge in [-0.3, -0.25) is 4.79 Å². The standard InChI is InChI=1S/C15H22N2O3/c1-2-19-10-11-8-13-14(9-11)20-7-6-17(13)15(18)12-4-3-5-16-12/h3-5,11,13-14,16H,2,6-10H2,1H3/t11-,13+,14+/m1/s1. The van der Waals surface area contributed by atoms with Crippen LogP contribution in [0.25, 0.3) is 0 Å². The molecule has 1 saturated heterocycles. The lowest BCUT2D eigenvalue weighted by molar-refractivity contribution is -0.0451. The highest BCUT2D eigenvalue weighted by Gasteiger charge is 2.43. The lowest BCUT2D eigenvalue weighted by Gasteiger charge is -2.37. The Morgan fingerprint density at radius 3 is 3.20 bits per heavy atom. The van der Waals surface area contributed by atoms with Gasteiger partial charge in [0.2, 0.25) is 0 Å². The van der Waals surface area contributed by atoms with E-state index in [1.54, 1.807) is 6.20 Å². The number of carbonyl (C=O) groups excluding carboxylic acids is 1. The molecule has 1 aliphatic heterocycles. The van der Waals surface area contributed by atoms with Gasteiger partial charge in [0.05, 0.1) is 18.8 Å². The third-order valence-electron chi connectivity index (χ3n) is 4.28. The predicted octanol–water partition coefficient (Wildman–Crippen LogP) is 1.67. The Morgan fingerprint density at radius 1 is 1.55 bits per heavy atom. The molecule has 1 aliphatic carbocycles. The van der Waals surface area contributed by atoms with Gasteiger partial charge in [-0.05, 0) is 37.8 Å². The van der Waals surface area contributed by atoms with Gasteiger partial charge in [-0.2, -0.15) is 0 Å². The Hall–Kier alpha value is -1.33. The summed E-state index contributed by atoms with van der Waals surface area (Å²) in [7, 11) is 0. The topological polar surface area (TPSA) is 54.6 Å². The summed E-state index contributed by atoms with van der Waals surface area (Å²) in [5.74, 6) is 0.590. The minimum atomic E-state index is 0.0883. The molecule has 1 aromatic rings. The molecule has 1 saturated carbocycles. The van der Waals surface area contributed by atoms with Crippen molar-refractivity contribution < 1.29 is 14.3 Å². The fourth-order valence-corrected chi connectivity index (χ4v) is 3.34. The molecule has 0 spiro atoms. The highest BCUT2D eigenvalue weighted by Crippen LogP contribution is 2.35. The fourth-order valence-electron chi connectivity index (χ4n) is 3.34. The van der Waals surface area contributed by atoms with Crippen molar-refractivity contribution in [2.24, 2.45) is 5.92 Å². The highest BCUT2D eigenvalue weighted by atomic mass is 16.5. The fraction of sp³-hybridized carbons (Fsp3) is 0.667. The van der Waals surface area contributed by atoms with Crippen molar-refractivity contribution >= 4 is 5.91 Å². The van der Waals surface area contributed by atoms with Gasteiger partial charge in [-0.1, -0.05) is 0 Å². The quantitative estimate of drug-likeness (QED) is 0.911. The molecule has 0 aromatic carbocycles. The van der Waals surface area contributed by atoms with Crippen LogP contribution in [0.5, 0.6) is 0 Å². The predicted molar refractivity (Wildman–Crippen MR) is 74.6 cm³/mol. The van der Waals surface area contributed by atoms with Crippen LogP contribution < -0.4 is 0 Å². The maximum Gasteiger partial charge on any atom is 0.270 e. The number of hydrogen-bond acceptors (Lipinski definition) is 3. The Bertz CT molecular complexity index is 446. The SMILES string of the molecule is CCOC[C@H]1C[C@@H]2OCCN(C(=O)c3ccc[nH]3)[C@H]2C1. The molecule has 1 aromatic heterocycles. The number of nitrogens with zero attached hydrogens (tertiary/aromatic N) is 1. The van der Waals surface area contributed by atoms with E-state index >= 15 is 0 Å². The van der Waals surface area contributed by atoms with E-state index < -0.39 is 0 Å². The normalized spacial score (nSPS) is 29.4. The number of nitrogens with one attached hydrogen (secondary N) is 1. The van der Waals surface area contributed by atoms with Gasteiger partial charge < -0.3 is 19.4 Å². The van der Waals surface area contributed by atoms with Crippen LogP contribution in [0.4, 0.5) is 0 Å². The summed E-state index contributed by atoms with van der Waals surface area (Å²) in [5, 5.41) is 0. The monoisotopic (exact) mass is 278 g/mol. The van der Waals surface area contributed by atoms with Crippen molar-refractivity contribution in [1.82, 2.24) is 9.88 Å². The number of morpholine rings is 1. The van der Waals surface area contributed by atoms with E-state index in [1.165, 1.54) is 0 Å². The number of aromatic nitrogens is 1. The first kappa shape index (κ1) is 13.6. The lowest BCUT2D eigenvalue weighted by Crippen LogP contribution is -2.51. The largest absolute Gasteiger partial charge is 0.381 e. The molecule has 3 rings (SSSR count). The molecule has 20 heavy (non-hydrogen) atoms. The number of H-pyrrole nitrogens is 1. The lowest BCUT2D eigenvalue weighted by atomic mass is 10.1. The zero-order chi connectivity index (χ0) is 13.9. The number of carbonyl (C=O) groups is 1. The molecule has 5 heteroatoms. The summed E-state index contributed by atoms with van der Waals surface area (Å²) < 4.78 is 11.4. The number of hydrogen-bond donors (Lipinski definition) is 1. The smallest absolute Gasteiger partial charge is 0.270 e. The summed E-state index contributed by atoms with van der Waals surface area (Å²) >= 11 is 0. The molecule has 0 bridgehead atoms. The number of ether oxygens (including phenoxy) is 2. The maximum absolute atomic E-state index is 12.5. The van der Waals surface area contributed by atoms with Gasteiger partial charge in [0.1, 0.15) is 5.69 Å². The van der Waals surface area contributed by atoms with Crippen molar-refractivity contribution in [2.75, 3.05) is 26.4 Å². The molecule has 0 radical (unpaired) electrons. The molecule has 5 nitrogen and oxygen atoms in total. The maximum atomic E-state index is 12.5. The van der Waals surface area contributed by atoms with Crippen LogP contribution in [-0.4, -0.2) is 54.3 Å². The first-order valence-corrected chi connectivity index (χ1v) is 7.43. The van der Waals surface area contributed by atoms with Crippen LogP contribution in [-0.2, 0) is 9.47 Å². The zero-order valence-electron chi connectivity index (χ0n) is 11.9. The van der Waals surface area contributed by atoms with Crippen LogP contribution in [0.2, 0.25) is 0 Å². The average Bonchev–Trinajstić information content (AvgIpc) is 3.12. The highest BCUT2D eigenvalue weighted by molar-refractivity contribution is 5.92. The number of rotatable bonds is 4. The van der Waals surface area contributed by atoms with Crippen LogP contribution in [0.15, 0.2) is 18.3 Å². The van der Waals surface area contributed by atoms with Gasteiger partial charge in [0.25, 0.3) is 5.91 Å². The first-order valence-electron chi connectivity index (χ1n) is 7.43. The van der Waals surface area contributed by atoms with E-state index in [-0.39, 0.29) is 18.1 Å². The molecule has 2 aliphatic rings. The number of amides is 1. The number of fused-ring (bicyclic) bond motifs is 1. The van der Waals surface area contributed by atoms with Crippen LogP contribution in [0.3, 0.4) is 0 Å². The van der Waals surface area contributed by atoms with Crippen LogP contribution in [0.1, 0.15) is 30.3 Å². The molecule has 0 unspecified atom stereocenters. The number of aromatic amines is 1. The van der Waals surface area contributed by atoms with Crippen molar-refractivity contribution in [3.05, 3.63) is 24.0 Å². The minimum Gasteiger partial charge on any atom is -0.381 e. The van der Waals surface area contributed by atoms with Crippen LogP contribution >= 0.6 is 0 Å². The molecular weight excluding hydrogens is 256 g/mol. The van der Waals surface area contributed by atoms with Gasteiger partial charge in [0.15, 0.2) is 0 Å². The third kappa shape index (κ3) is 2.60. The van der Waals surface area contributed by atoms with Crippen LogP contribution in [0, 0.1) is 5.92 Å². The molecule has 1 N–H and O–H groups in total. The average molecular weight is 278 g/mol. The second kappa shape index (κ2) is 5.97. The van der Waals surface area contributed by atoms with Crippen molar-refractivity contribution in [2.45, 2.75) is 31.9 Å². The van der Waals surface area contributed by atoms with E-state index in [9.17, 15) is 4.79 Å². The Labute approximate surface area is 119 Å². The summed E-state index contributed by atoms with van der Waals surface area (Å²) in [6, 6.07) is 3.89. The molecule has 3 atom stereocenters. The molecular formula is C15H22N2O3. The minimum absolute atomic E-state index is 0.0883. The second-order valence-electron chi connectivity index (χ2n) is 5.56. The molecule has 1 amide bonds. The van der Waals surface area contributed by atoms with E-state index in [1.807, 2.05) is 24.0 Å². The van der Waals surface area contributed by atoms with Crippen molar-refractivity contribution in [3.63, 3.8) is 0 Å². The second-order valence-corrected chi connectivity index (χ2v) is 5.56. The van der Waals surface area contributed by atoms with Gasteiger partial charge in [-0.25, -0.2) is 0 Å². The molecule has 2 heterocycles. The van der Waals surface area contributed by atoms with E-state index in [0.29, 0.717) is 24.8 Å². The summed E-state index contributed by atoms with van der Waals surface area (Å²) in [5.41, 5.74) is 0.666. The Morgan fingerprint density at radius 2 is 2.45 bits per heavy atom. The third-order valence-corrected chi connectivity index (χ3v) is 4.28. The molecule has 2 fully saturated rings. The van der Waals surface area contributed by atoms with Crippen molar-refractivity contribution in [1.29, 1.82) is 0 Å². The molecule has 110 valence electrons. The van der Waals surface area contributed by atoms with Gasteiger partial charge in [0, 0.05) is 26.0 Å². The van der Waals surface area contributed by atoms with E-state index in [2.05, 4.69) is 4.98 Å². The summed E-state index contributed by atoms with van der Waals surface area (Å²) in [6.45, 7) is 4.85. The summed E-state index contributed by atoms with van der Waals surface area (Å²) in [6.07, 6.45) is 3.95. The van der Waals surface area contributed by atoms with Gasteiger partial charge >= 0.3 is 0 Å². The van der Waals surface area contributed by atoms with E-state index in [4.69, 9.17) is 9.47 Å². The van der Waals surface area contributed by atoms with Crippen molar-refractivity contribution in [3.8, 4) is 0 Å². The zero-order valence-corrected chi connectivity index (χ0v) is 11.9. The Balaban J connectivity index is 1.68. The Kier molecular flexibility index (Phi) is 4.08. The summed E-state index contributed by atoms with van der Waals surface area (Å²) in [4.78, 5) is 17.5. The van der Waals surface area contributed by atoms with E-state index in [0.717, 1.165) is 26.1 Å².